The number of rotatable bonds is 2. The Labute approximate surface area is 98.5 Å². The van der Waals surface area contributed by atoms with Crippen LogP contribution in [0.5, 0.6) is 0 Å². The summed E-state index contributed by atoms with van der Waals surface area (Å²) in [5.41, 5.74) is 0.932. The van der Waals surface area contributed by atoms with Crippen LogP contribution in [0.4, 0.5) is 0 Å². The third kappa shape index (κ3) is 2.07. The highest BCUT2D eigenvalue weighted by Crippen LogP contribution is 2.24. The van der Waals surface area contributed by atoms with Crippen LogP contribution in [0, 0.1) is 0 Å². The normalized spacial score (nSPS) is 24.1. The molecule has 17 heavy (non-hydrogen) atoms. The van der Waals surface area contributed by atoms with Gasteiger partial charge in [-0.3, -0.25) is 0 Å². The smallest absolute Gasteiger partial charge is 0.244 e. The van der Waals surface area contributed by atoms with E-state index in [2.05, 4.69) is 15.5 Å². The predicted molar refractivity (Wildman–Crippen MR) is 61.1 cm³/mol. The first-order valence-corrected chi connectivity index (χ1v) is 5.63. The fraction of sp³-hybridized carbons (Fsp3) is 0.333. The lowest BCUT2D eigenvalue weighted by Crippen LogP contribution is -2.15. The average molecular weight is 231 g/mol. The largest absolute Gasteiger partial charge is 0.392 e. The number of aliphatic hydroxyl groups is 1. The third-order valence-electron chi connectivity index (χ3n) is 2.88. The minimum absolute atomic E-state index is 0.0324. The highest BCUT2D eigenvalue weighted by atomic mass is 16.5. The minimum atomic E-state index is -0.327. The molecular weight excluding hydrogens is 218 g/mol. The highest BCUT2D eigenvalue weighted by Gasteiger charge is 2.28. The van der Waals surface area contributed by atoms with Crippen molar-refractivity contribution in [1.82, 2.24) is 15.5 Å². The Morgan fingerprint density at radius 2 is 2.12 bits per heavy atom. The second kappa shape index (κ2) is 4.27. The van der Waals surface area contributed by atoms with Crippen LogP contribution in [0.3, 0.4) is 0 Å². The zero-order valence-electron chi connectivity index (χ0n) is 9.21. The summed E-state index contributed by atoms with van der Waals surface area (Å²) in [7, 11) is 0. The van der Waals surface area contributed by atoms with Crippen LogP contribution in [-0.2, 0) is 0 Å². The van der Waals surface area contributed by atoms with Gasteiger partial charge in [-0.15, -0.1) is 0 Å². The third-order valence-corrected chi connectivity index (χ3v) is 2.88. The fourth-order valence-corrected chi connectivity index (χ4v) is 1.99. The van der Waals surface area contributed by atoms with Gasteiger partial charge in [0.25, 0.3) is 0 Å². The van der Waals surface area contributed by atoms with Gasteiger partial charge in [-0.2, -0.15) is 4.98 Å². The molecule has 0 saturated carbocycles. The van der Waals surface area contributed by atoms with Crippen LogP contribution in [-0.4, -0.2) is 27.9 Å². The Hall–Kier alpha value is -1.72. The number of benzene rings is 1. The topological polar surface area (TPSA) is 71.2 Å². The van der Waals surface area contributed by atoms with Gasteiger partial charge in [-0.25, -0.2) is 0 Å². The summed E-state index contributed by atoms with van der Waals surface area (Å²) in [5, 5.41) is 16.5. The summed E-state index contributed by atoms with van der Waals surface area (Å²) < 4.78 is 5.22. The van der Waals surface area contributed by atoms with Crippen LogP contribution in [0.15, 0.2) is 34.9 Å². The van der Waals surface area contributed by atoms with E-state index in [0.29, 0.717) is 24.7 Å². The number of aliphatic hydroxyl groups excluding tert-OH is 1. The van der Waals surface area contributed by atoms with Gasteiger partial charge in [0.15, 0.2) is 0 Å². The molecule has 1 aliphatic rings. The maximum atomic E-state index is 9.43. The molecule has 0 bridgehead atoms. The van der Waals surface area contributed by atoms with E-state index < -0.39 is 0 Å². The lowest BCUT2D eigenvalue weighted by atomic mass is 10.2. The van der Waals surface area contributed by atoms with Gasteiger partial charge >= 0.3 is 0 Å². The quantitative estimate of drug-likeness (QED) is 0.810. The summed E-state index contributed by atoms with van der Waals surface area (Å²) in [6.45, 7) is 0.577. The van der Waals surface area contributed by atoms with Crippen molar-refractivity contribution in [3.8, 4) is 11.4 Å². The molecule has 2 N–H and O–H groups in total. The molecule has 5 heteroatoms. The average Bonchev–Trinajstić information content (AvgIpc) is 2.98. The maximum Gasteiger partial charge on any atom is 0.244 e. The number of hydrogen-bond acceptors (Lipinski definition) is 5. The Morgan fingerprint density at radius 1 is 1.29 bits per heavy atom. The molecular formula is C12H13N3O2. The summed E-state index contributed by atoms with van der Waals surface area (Å²) in [4.78, 5) is 4.35. The van der Waals surface area contributed by atoms with Crippen molar-refractivity contribution in [2.24, 2.45) is 0 Å². The standard InChI is InChI=1S/C12H13N3O2/c16-9-6-10(13-7-9)12-14-11(15-17-12)8-4-2-1-3-5-8/h1-5,9-10,13,16H,6-7H2. The molecule has 0 radical (unpaired) electrons. The number of nitrogens with one attached hydrogen (secondary N) is 1. The van der Waals surface area contributed by atoms with E-state index in [-0.39, 0.29) is 12.1 Å². The van der Waals surface area contributed by atoms with Crippen LogP contribution in [0.2, 0.25) is 0 Å². The predicted octanol–water partition coefficient (Wildman–Crippen LogP) is 1.13. The molecule has 1 aromatic heterocycles. The van der Waals surface area contributed by atoms with Crippen molar-refractivity contribution in [2.75, 3.05) is 6.54 Å². The van der Waals surface area contributed by atoms with E-state index >= 15 is 0 Å². The summed E-state index contributed by atoms with van der Waals surface area (Å²) in [6, 6.07) is 9.65. The number of β-amino-alcohol motifs (C(OH)–C–C–N with tert-alkyl or cyclic N) is 1. The molecule has 0 aliphatic carbocycles. The Morgan fingerprint density at radius 3 is 2.82 bits per heavy atom. The van der Waals surface area contributed by atoms with E-state index in [1.165, 1.54) is 0 Å². The van der Waals surface area contributed by atoms with E-state index in [1.807, 2.05) is 30.3 Å². The lowest BCUT2D eigenvalue weighted by molar-refractivity contribution is 0.191. The van der Waals surface area contributed by atoms with Crippen LogP contribution in [0.25, 0.3) is 11.4 Å². The lowest BCUT2D eigenvalue weighted by Gasteiger charge is -2.01. The zero-order valence-corrected chi connectivity index (χ0v) is 9.21. The molecule has 0 spiro atoms. The Kier molecular flexibility index (Phi) is 2.62. The summed E-state index contributed by atoms with van der Waals surface area (Å²) in [5.74, 6) is 1.13. The zero-order chi connectivity index (χ0) is 11.7. The van der Waals surface area contributed by atoms with Crippen molar-refractivity contribution in [1.29, 1.82) is 0 Å². The molecule has 1 aliphatic heterocycles. The molecule has 1 fully saturated rings. The Bertz CT molecular complexity index is 497. The number of nitrogens with zero attached hydrogens (tertiary/aromatic N) is 2. The number of aromatic nitrogens is 2. The van der Waals surface area contributed by atoms with Gasteiger partial charge < -0.3 is 14.9 Å². The second-order valence-electron chi connectivity index (χ2n) is 4.17. The SMILES string of the molecule is OC1CNC(c2nc(-c3ccccc3)no2)C1. The monoisotopic (exact) mass is 231 g/mol. The molecule has 88 valence electrons. The number of hydrogen-bond donors (Lipinski definition) is 2. The molecule has 1 aromatic carbocycles. The molecule has 1 saturated heterocycles. The van der Waals surface area contributed by atoms with Gasteiger partial charge in [0, 0.05) is 12.1 Å². The van der Waals surface area contributed by atoms with E-state index in [0.717, 1.165) is 5.56 Å². The van der Waals surface area contributed by atoms with Gasteiger partial charge in [0.1, 0.15) is 0 Å². The molecule has 2 aromatic rings. The molecule has 2 heterocycles. The molecule has 0 amide bonds. The highest BCUT2D eigenvalue weighted by molar-refractivity contribution is 5.53. The fourth-order valence-electron chi connectivity index (χ4n) is 1.99. The first-order valence-electron chi connectivity index (χ1n) is 5.63. The van der Waals surface area contributed by atoms with Gasteiger partial charge in [-0.05, 0) is 6.42 Å². The minimum Gasteiger partial charge on any atom is -0.392 e. The van der Waals surface area contributed by atoms with Crippen molar-refractivity contribution < 1.29 is 9.63 Å². The molecule has 2 unspecified atom stereocenters. The first kappa shape index (κ1) is 10.4. The van der Waals surface area contributed by atoms with Crippen molar-refractivity contribution >= 4 is 0 Å². The van der Waals surface area contributed by atoms with Crippen molar-refractivity contribution in [3.05, 3.63) is 36.2 Å². The van der Waals surface area contributed by atoms with Gasteiger partial charge in [0.05, 0.1) is 12.1 Å². The molecule has 3 rings (SSSR count). The van der Waals surface area contributed by atoms with Crippen LogP contribution >= 0.6 is 0 Å². The van der Waals surface area contributed by atoms with Crippen molar-refractivity contribution in [3.63, 3.8) is 0 Å². The van der Waals surface area contributed by atoms with E-state index in [9.17, 15) is 5.11 Å². The molecule has 5 nitrogen and oxygen atoms in total. The van der Waals surface area contributed by atoms with Crippen LogP contribution in [0.1, 0.15) is 18.4 Å². The summed E-state index contributed by atoms with van der Waals surface area (Å²) in [6.07, 6.45) is 0.295. The molecule has 2 atom stereocenters. The van der Waals surface area contributed by atoms with E-state index in [4.69, 9.17) is 4.52 Å². The van der Waals surface area contributed by atoms with E-state index in [1.54, 1.807) is 0 Å². The van der Waals surface area contributed by atoms with Gasteiger partial charge in [-0.1, -0.05) is 35.5 Å². The maximum absolute atomic E-state index is 9.43. The second-order valence-corrected chi connectivity index (χ2v) is 4.17. The summed E-state index contributed by atoms with van der Waals surface area (Å²) >= 11 is 0. The van der Waals surface area contributed by atoms with Crippen LogP contribution < -0.4 is 5.32 Å². The van der Waals surface area contributed by atoms with Gasteiger partial charge in [0.2, 0.25) is 11.7 Å². The Balaban J connectivity index is 1.84. The first-order chi connectivity index (χ1) is 8.33. The van der Waals surface area contributed by atoms with Crippen molar-refractivity contribution in [2.45, 2.75) is 18.6 Å².